The van der Waals surface area contributed by atoms with Crippen LogP contribution in [0, 0.1) is 0 Å². The highest BCUT2D eigenvalue weighted by Gasteiger charge is 2.31. The zero-order chi connectivity index (χ0) is 13.1. The van der Waals surface area contributed by atoms with E-state index in [-0.39, 0.29) is 0 Å². The van der Waals surface area contributed by atoms with Crippen LogP contribution in [-0.2, 0) is 14.1 Å². The normalized spacial score (nSPS) is 14.2. The van der Waals surface area contributed by atoms with E-state index in [1.807, 2.05) is 50.8 Å². The van der Waals surface area contributed by atoms with Crippen LogP contribution in [0.5, 0.6) is 0 Å². The predicted molar refractivity (Wildman–Crippen MR) is 65.2 cm³/mol. The van der Waals surface area contributed by atoms with E-state index in [2.05, 4.69) is 0 Å². The monoisotopic (exact) mass is 246 g/mol. The summed E-state index contributed by atoms with van der Waals surface area (Å²) in [4.78, 5) is 0. The van der Waals surface area contributed by atoms with Crippen LogP contribution >= 0.6 is 0 Å². The minimum absolute atomic E-state index is 0.675. The second-order valence-corrected chi connectivity index (χ2v) is 4.36. The molecule has 0 saturated carbocycles. The van der Waals surface area contributed by atoms with E-state index in [9.17, 15) is 10.2 Å². The van der Waals surface area contributed by atoms with Crippen LogP contribution < -0.4 is 9.13 Å². The third kappa shape index (κ3) is 2.39. The zero-order valence-electron chi connectivity index (χ0n) is 10.6. The van der Waals surface area contributed by atoms with E-state index in [1.54, 1.807) is 21.3 Å². The molecule has 0 spiro atoms. The Morgan fingerprint density at radius 1 is 0.778 bits per heavy atom. The molecule has 2 atom stereocenters. The Morgan fingerprint density at radius 2 is 1.17 bits per heavy atom. The van der Waals surface area contributed by atoms with Gasteiger partial charge in [-0.25, -0.2) is 9.13 Å². The summed E-state index contributed by atoms with van der Waals surface area (Å²) in [5, 5.41) is 20.5. The van der Waals surface area contributed by atoms with Gasteiger partial charge in [0.25, 0.3) is 0 Å². The lowest BCUT2D eigenvalue weighted by Gasteiger charge is -2.14. The van der Waals surface area contributed by atoms with Gasteiger partial charge in [-0.05, 0) is 0 Å². The number of hydrogen-bond donors (Lipinski definition) is 2. The maximum atomic E-state index is 10.3. The van der Waals surface area contributed by atoms with Crippen LogP contribution in [0.15, 0.2) is 48.8 Å². The maximum Gasteiger partial charge on any atom is 0.213 e. The first-order chi connectivity index (χ1) is 8.61. The van der Waals surface area contributed by atoms with Crippen molar-refractivity contribution >= 4 is 0 Å². The van der Waals surface area contributed by atoms with Gasteiger partial charge < -0.3 is 10.2 Å². The first-order valence-corrected chi connectivity index (χ1v) is 5.86. The Labute approximate surface area is 106 Å². The quantitative estimate of drug-likeness (QED) is 0.755. The van der Waals surface area contributed by atoms with Crippen molar-refractivity contribution in [1.29, 1.82) is 0 Å². The van der Waals surface area contributed by atoms with Crippen LogP contribution in [0.25, 0.3) is 0 Å². The lowest BCUT2D eigenvalue weighted by Crippen LogP contribution is -2.39. The molecular weight excluding hydrogens is 228 g/mol. The van der Waals surface area contributed by atoms with Gasteiger partial charge in [-0.2, -0.15) is 0 Å². The Kier molecular flexibility index (Phi) is 3.69. The van der Waals surface area contributed by atoms with Gasteiger partial charge in [-0.3, -0.25) is 0 Å². The summed E-state index contributed by atoms with van der Waals surface area (Å²) in [6.07, 6.45) is 1.78. The molecule has 18 heavy (non-hydrogen) atoms. The van der Waals surface area contributed by atoms with Crippen LogP contribution in [0.2, 0.25) is 0 Å². The molecule has 0 saturated heterocycles. The largest absolute Gasteiger partial charge is 0.379 e. The summed E-state index contributed by atoms with van der Waals surface area (Å²) < 4.78 is 3.60. The number of aliphatic hydroxyl groups excluding tert-OH is 2. The summed E-state index contributed by atoms with van der Waals surface area (Å²) in [5.74, 6) is 0. The predicted octanol–water partition coefficient (Wildman–Crippen LogP) is 0.103. The molecule has 0 bridgehead atoms. The number of aryl methyl sites for hydroxylation is 2. The average Bonchev–Trinajstić information content (AvgIpc) is 2.38. The molecule has 2 aromatic heterocycles. The molecule has 0 aliphatic rings. The van der Waals surface area contributed by atoms with Crippen molar-refractivity contribution in [2.24, 2.45) is 14.1 Å². The van der Waals surface area contributed by atoms with Crippen molar-refractivity contribution in [3.05, 3.63) is 60.2 Å². The maximum absolute atomic E-state index is 10.3. The lowest BCUT2D eigenvalue weighted by molar-refractivity contribution is -0.691. The Bertz CT molecular complexity index is 493. The summed E-state index contributed by atoms with van der Waals surface area (Å²) in [6.45, 7) is 0. The third-order valence-electron chi connectivity index (χ3n) is 3.10. The number of nitrogens with zero attached hydrogens (tertiary/aromatic N) is 2. The van der Waals surface area contributed by atoms with E-state index in [4.69, 9.17) is 0 Å². The minimum Gasteiger partial charge on any atom is -0.379 e. The SMILES string of the molecule is C[n+]1ccccc1[C@@H](O)[C@H](O)c1cccc[n+]1C. The zero-order valence-corrected chi connectivity index (χ0v) is 10.6. The topological polar surface area (TPSA) is 48.2 Å². The number of aromatic nitrogens is 2. The van der Waals surface area contributed by atoms with Crippen LogP contribution in [0.3, 0.4) is 0 Å². The molecule has 0 fully saturated rings. The molecule has 0 aliphatic heterocycles. The number of rotatable bonds is 3. The third-order valence-corrected chi connectivity index (χ3v) is 3.10. The van der Waals surface area contributed by atoms with E-state index >= 15 is 0 Å². The Morgan fingerprint density at radius 3 is 1.50 bits per heavy atom. The fourth-order valence-electron chi connectivity index (χ4n) is 2.01. The first-order valence-electron chi connectivity index (χ1n) is 5.86. The van der Waals surface area contributed by atoms with Crippen molar-refractivity contribution in [2.75, 3.05) is 0 Å². The smallest absolute Gasteiger partial charge is 0.213 e. The molecular formula is C14H18N2O2+2. The summed E-state index contributed by atoms with van der Waals surface area (Å²) in [7, 11) is 3.69. The average molecular weight is 246 g/mol. The fraction of sp³-hybridized carbons (Fsp3) is 0.286. The molecule has 0 unspecified atom stereocenters. The molecule has 4 nitrogen and oxygen atoms in total. The molecule has 2 heterocycles. The molecule has 94 valence electrons. The van der Waals surface area contributed by atoms with Gasteiger partial charge in [0.15, 0.2) is 24.6 Å². The van der Waals surface area contributed by atoms with Gasteiger partial charge in [0.2, 0.25) is 11.4 Å². The van der Waals surface area contributed by atoms with Crippen molar-refractivity contribution < 1.29 is 19.3 Å². The minimum atomic E-state index is -0.954. The lowest BCUT2D eigenvalue weighted by atomic mass is 10.1. The molecule has 0 radical (unpaired) electrons. The van der Waals surface area contributed by atoms with Gasteiger partial charge in [-0.15, -0.1) is 0 Å². The van der Waals surface area contributed by atoms with Crippen molar-refractivity contribution in [1.82, 2.24) is 0 Å². The number of pyridine rings is 2. The standard InChI is InChI=1S/C14H18N2O2/c1-15-9-5-3-7-11(15)13(17)14(18)12-8-4-6-10-16(12)2/h3-10,13-14,17-18H,1-2H3/q+2/t13-,14-/m1/s1. The number of aliphatic hydroxyl groups is 2. The highest BCUT2D eigenvalue weighted by Crippen LogP contribution is 2.24. The molecule has 0 amide bonds. The van der Waals surface area contributed by atoms with Gasteiger partial charge in [-0.1, -0.05) is 12.1 Å². The van der Waals surface area contributed by atoms with Gasteiger partial charge >= 0.3 is 0 Å². The Balaban J connectivity index is 2.33. The van der Waals surface area contributed by atoms with E-state index in [1.165, 1.54) is 0 Å². The van der Waals surface area contributed by atoms with E-state index < -0.39 is 12.2 Å². The van der Waals surface area contributed by atoms with Crippen LogP contribution in [-0.4, -0.2) is 10.2 Å². The van der Waals surface area contributed by atoms with Crippen LogP contribution in [0.4, 0.5) is 0 Å². The number of hydrogen-bond acceptors (Lipinski definition) is 2. The molecule has 4 heteroatoms. The fourth-order valence-corrected chi connectivity index (χ4v) is 2.01. The highest BCUT2D eigenvalue weighted by atomic mass is 16.3. The van der Waals surface area contributed by atoms with Gasteiger partial charge in [0.1, 0.15) is 14.1 Å². The van der Waals surface area contributed by atoms with Crippen molar-refractivity contribution in [3.8, 4) is 0 Å². The van der Waals surface area contributed by atoms with Gasteiger partial charge in [0, 0.05) is 24.3 Å². The van der Waals surface area contributed by atoms with Crippen molar-refractivity contribution in [3.63, 3.8) is 0 Å². The molecule has 0 aliphatic carbocycles. The summed E-state index contributed by atoms with van der Waals surface area (Å²) in [6, 6.07) is 11.1. The highest BCUT2D eigenvalue weighted by molar-refractivity contribution is 5.08. The van der Waals surface area contributed by atoms with Crippen LogP contribution in [0.1, 0.15) is 23.6 Å². The second kappa shape index (κ2) is 5.25. The molecule has 2 N–H and O–H groups in total. The Hall–Kier alpha value is -1.78. The molecule has 2 aromatic rings. The van der Waals surface area contributed by atoms with E-state index in [0.717, 1.165) is 0 Å². The molecule has 2 rings (SSSR count). The second-order valence-electron chi connectivity index (χ2n) is 4.36. The van der Waals surface area contributed by atoms with E-state index in [0.29, 0.717) is 11.4 Å². The first kappa shape index (κ1) is 12.7. The molecule has 0 aromatic carbocycles. The van der Waals surface area contributed by atoms with Crippen molar-refractivity contribution in [2.45, 2.75) is 12.2 Å². The van der Waals surface area contributed by atoms with Gasteiger partial charge in [0.05, 0.1) is 0 Å². The summed E-state index contributed by atoms with van der Waals surface area (Å²) in [5.41, 5.74) is 1.35. The summed E-state index contributed by atoms with van der Waals surface area (Å²) >= 11 is 0.